The van der Waals surface area contributed by atoms with Crippen LogP contribution < -0.4 is 0 Å². The lowest BCUT2D eigenvalue weighted by atomic mass is 10.0. The van der Waals surface area contributed by atoms with E-state index in [1.165, 1.54) is 19.2 Å². The normalized spacial score (nSPS) is 22.1. The van der Waals surface area contributed by atoms with E-state index in [1.54, 1.807) is 4.68 Å². The Morgan fingerprint density at radius 2 is 2.17 bits per heavy atom. The molecular formula is C16H26N6O2. The van der Waals surface area contributed by atoms with Crippen LogP contribution in [0.25, 0.3) is 0 Å². The van der Waals surface area contributed by atoms with E-state index < -0.39 is 0 Å². The summed E-state index contributed by atoms with van der Waals surface area (Å²) in [7, 11) is 0. The Morgan fingerprint density at radius 3 is 2.79 bits per heavy atom. The second kappa shape index (κ2) is 7.27. The molecule has 1 atom stereocenters. The summed E-state index contributed by atoms with van der Waals surface area (Å²) in [6, 6.07) is 0.109. The van der Waals surface area contributed by atoms with E-state index in [0.29, 0.717) is 44.3 Å². The molecule has 0 bridgehead atoms. The molecule has 8 heteroatoms. The zero-order chi connectivity index (χ0) is 17.1. The van der Waals surface area contributed by atoms with Crippen LogP contribution in [0.15, 0.2) is 6.33 Å². The maximum atomic E-state index is 12.6. The van der Waals surface area contributed by atoms with Gasteiger partial charge in [-0.15, -0.1) is 5.10 Å². The largest absolute Gasteiger partial charge is 0.340 e. The van der Waals surface area contributed by atoms with E-state index in [9.17, 15) is 9.59 Å². The lowest BCUT2D eigenvalue weighted by Crippen LogP contribution is -2.48. The Hall–Kier alpha value is -1.99. The molecule has 2 amide bonds. The third-order valence-corrected chi connectivity index (χ3v) is 4.94. The molecule has 0 spiro atoms. The SMILES string of the molecule is CC(C)[C@@H]1CN(C(=O)CCn2cnnn2)CCC(=O)N1CC1CC1. The van der Waals surface area contributed by atoms with Crippen molar-refractivity contribution in [3.63, 3.8) is 0 Å². The first-order valence-electron chi connectivity index (χ1n) is 8.82. The number of rotatable bonds is 6. The molecule has 1 saturated carbocycles. The van der Waals surface area contributed by atoms with Crippen molar-refractivity contribution >= 4 is 11.8 Å². The van der Waals surface area contributed by atoms with Crippen molar-refractivity contribution in [2.75, 3.05) is 19.6 Å². The molecule has 2 aliphatic rings. The van der Waals surface area contributed by atoms with E-state index in [1.807, 2.05) is 9.80 Å². The van der Waals surface area contributed by atoms with Crippen molar-refractivity contribution in [1.82, 2.24) is 30.0 Å². The number of aromatic nitrogens is 4. The van der Waals surface area contributed by atoms with Gasteiger partial charge in [0.2, 0.25) is 11.8 Å². The van der Waals surface area contributed by atoms with Gasteiger partial charge in [0.15, 0.2) is 0 Å². The predicted molar refractivity (Wildman–Crippen MR) is 86.7 cm³/mol. The van der Waals surface area contributed by atoms with E-state index in [4.69, 9.17) is 0 Å². The molecule has 1 aromatic heterocycles. The van der Waals surface area contributed by atoms with Gasteiger partial charge in [-0.05, 0) is 35.1 Å². The van der Waals surface area contributed by atoms with Gasteiger partial charge in [0.05, 0.1) is 12.6 Å². The highest BCUT2D eigenvalue weighted by Crippen LogP contribution is 2.32. The van der Waals surface area contributed by atoms with Gasteiger partial charge in [0, 0.05) is 32.5 Å². The van der Waals surface area contributed by atoms with Gasteiger partial charge >= 0.3 is 0 Å². The van der Waals surface area contributed by atoms with Crippen molar-refractivity contribution in [3.05, 3.63) is 6.33 Å². The van der Waals surface area contributed by atoms with Gasteiger partial charge < -0.3 is 9.80 Å². The van der Waals surface area contributed by atoms with Crippen LogP contribution in [0.5, 0.6) is 0 Å². The van der Waals surface area contributed by atoms with Crippen molar-refractivity contribution in [1.29, 1.82) is 0 Å². The minimum absolute atomic E-state index is 0.0669. The highest BCUT2D eigenvalue weighted by molar-refractivity contribution is 5.80. The average Bonchev–Trinajstić information content (AvgIpc) is 3.26. The van der Waals surface area contributed by atoms with Gasteiger partial charge in [-0.1, -0.05) is 13.8 Å². The first-order valence-corrected chi connectivity index (χ1v) is 8.82. The number of nitrogens with zero attached hydrogens (tertiary/aromatic N) is 6. The van der Waals surface area contributed by atoms with Crippen LogP contribution in [0.3, 0.4) is 0 Å². The van der Waals surface area contributed by atoms with Crippen LogP contribution in [0.2, 0.25) is 0 Å². The van der Waals surface area contributed by atoms with Crippen LogP contribution in [-0.4, -0.2) is 67.5 Å². The quantitative estimate of drug-likeness (QED) is 0.759. The first kappa shape index (κ1) is 16.9. The molecule has 1 saturated heterocycles. The molecular weight excluding hydrogens is 308 g/mol. The molecule has 132 valence electrons. The Labute approximate surface area is 142 Å². The van der Waals surface area contributed by atoms with Crippen LogP contribution in [0.1, 0.15) is 39.5 Å². The number of hydrogen-bond donors (Lipinski definition) is 0. The zero-order valence-electron chi connectivity index (χ0n) is 14.5. The smallest absolute Gasteiger partial charge is 0.224 e. The number of carbonyl (C=O) groups excluding carboxylic acids is 2. The molecule has 0 N–H and O–H groups in total. The molecule has 3 rings (SSSR count). The monoisotopic (exact) mass is 334 g/mol. The molecule has 8 nitrogen and oxygen atoms in total. The van der Waals surface area contributed by atoms with Crippen molar-refractivity contribution in [3.8, 4) is 0 Å². The van der Waals surface area contributed by atoms with E-state index in [-0.39, 0.29) is 17.9 Å². The molecule has 0 radical (unpaired) electrons. The lowest BCUT2D eigenvalue weighted by molar-refractivity contribution is -0.134. The predicted octanol–water partition coefficient (Wildman–Crippen LogP) is 0.559. The molecule has 1 aliphatic carbocycles. The zero-order valence-corrected chi connectivity index (χ0v) is 14.5. The number of carbonyl (C=O) groups is 2. The Kier molecular flexibility index (Phi) is 5.11. The van der Waals surface area contributed by atoms with Crippen molar-refractivity contribution < 1.29 is 9.59 Å². The third-order valence-electron chi connectivity index (χ3n) is 4.94. The van der Waals surface area contributed by atoms with Crippen LogP contribution in [0.4, 0.5) is 0 Å². The molecule has 0 aromatic carbocycles. The maximum absolute atomic E-state index is 12.6. The molecule has 1 aromatic rings. The fraction of sp³-hybridized carbons (Fsp3) is 0.812. The third kappa shape index (κ3) is 4.10. The van der Waals surface area contributed by atoms with Crippen molar-refractivity contribution in [2.24, 2.45) is 11.8 Å². The van der Waals surface area contributed by atoms with Crippen LogP contribution in [-0.2, 0) is 16.1 Å². The fourth-order valence-electron chi connectivity index (χ4n) is 3.24. The van der Waals surface area contributed by atoms with E-state index in [2.05, 4.69) is 29.4 Å². The number of hydrogen-bond acceptors (Lipinski definition) is 5. The topological polar surface area (TPSA) is 84.2 Å². The second-order valence-electron chi connectivity index (χ2n) is 7.21. The second-order valence-corrected chi connectivity index (χ2v) is 7.21. The maximum Gasteiger partial charge on any atom is 0.224 e. The van der Waals surface area contributed by atoms with Crippen LogP contribution in [0, 0.1) is 11.8 Å². The summed E-state index contributed by atoms with van der Waals surface area (Å²) >= 11 is 0. The highest BCUT2D eigenvalue weighted by Gasteiger charge is 2.36. The summed E-state index contributed by atoms with van der Waals surface area (Å²) in [5, 5.41) is 10.9. The standard InChI is InChI=1S/C16H26N6O2/c1-12(2)14-10-20(15(23)6-8-21-11-17-18-19-21)7-5-16(24)22(14)9-13-3-4-13/h11-14H,3-10H2,1-2H3/t14-/m0/s1. The van der Waals surface area contributed by atoms with Gasteiger partial charge in [-0.2, -0.15) is 0 Å². The van der Waals surface area contributed by atoms with E-state index >= 15 is 0 Å². The molecule has 1 aliphatic heterocycles. The summed E-state index contributed by atoms with van der Waals surface area (Å²) in [4.78, 5) is 29.0. The summed E-state index contributed by atoms with van der Waals surface area (Å²) in [6.07, 6.45) is 4.74. The number of tetrazole rings is 1. The van der Waals surface area contributed by atoms with Crippen LogP contribution >= 0.6 is 0 Å². The lowest BCUT2D eigenvalue weighted by Gasteiger charge is -2.34. The average molecular weight is 334 g/mol. The minimum Gasteiger partial charge on any atom is -0.340 e. The fourth-order valence-corrected chi connectivity index (χ4v) is 3.24. The number of aryl methyl sites for hydroxylation is 1. The molecule has 24 heavy (non-hydrogen) atoms. The van der Waals surface area contributed by atoms with E-state index in [0.717, 1.165) is 6.54 Å². The summed E-state index contributed by atoms with van der Waals surface area (Å²) < 4.78 is 1.56. The number of amides is 2. The highest BCUT2D eigenvalue weighted by atomic mass is 16.2. The van der Waals surface area contributed by atoms with Gasteiger partial charge in [0.25, 0.3) is 0 Å². The van der Waals surface area contributed by atoms with Crippen molar-refractivity contribution in [2.45, 2.75) is 52.1 Å². The summed E-state index contributed by atoms with van der Waals surface area (Å²) in [6.45, 7) is 6.73. The van der Waals surface area contributed by atoms with Gasteiger partial charge in [0.1, 0.15) is 6.33 Å². The molecule has 2 heterocycles. The molecule has 2 fully saturated rings. The summed E-state index contributed by atoms with van der Waals surface area (Å²) in [5.74, 6) is 1.26. The van der Waals surface area contributed by atoms with Gasteiger partial charge in [-0.3, -0.25) is 9.59 Å². The first-order chi connectivity index (χ1) is 11.5. The molecule has 0 unspecified atom stereocenters. The van der Waals surface area contributed by atoms with Gasteiger partial charge in [-0.25, -0.2) is 4.68 Å². The Bertz CT molecular complexity index is 569. The Morgan fingerprint density at radius 1 is 1.38 bits per heavy atom. The summed E-state index contributed by atoms with van der Waals surface area (Å²) in [5.41, 5.74) is 0. The minimum atomic E-state index is 0.0669. The Balaban J connectivity index is 1.63.